The van der Waals surface area contributed by atoms with Crippen molar-refractivity contribution in [3.63, 3.8) is 0 Å². The van der Waals surface area contributed by atoms with Crippen LogP contribution < -0.4 is 11.1 Å². The molecule has 0 amide bonds. The highest BCUT2D eigenvalue weighted by Crippen LogP contribution is 2.16. The van der Waals surface area contributed by atoms with E-state index in [1.807, 2.05) is 6.07 Å². The van der Waals surface area contributed by atoms with E-state index < -0.39 is 0 Å². The number of nitrogens with one attached hydrogen (secondary N) is 1. The predicted octanol–water partition coefficient (Wildman–Crippen LogP) is 3.58. The van der Waals surface area contributed by atoms with E-state index in [0.717, 1.165) is 23.9 Å². The lowest BCUT2D eigenvalue weighted by Crippen LogP contribution is -2.32. The molecule has 0 unspecified atom stereocenters. The number of nitrogens with zero attached hydrogens (tertiary/aromatic N) is 1. The monoisotopic (exact) mass is 425 g/mol. The molecule has 102 valence electrons. The van der Waals surface area contributed by atoms with Gasteiger partial charge >= 0.3 is 0 Å². The maximum atomic E-state index is 5.77. The molecule has 5 heteroatoms. The van der Waals surface area contributed by atoms with E-state index >= 15 is 0 Å². The summed E-state index contributed by atoms with van der Waals surface area (Å²) in [5.41, 5.74) is 8.20. The zero-order chi connectivity index (χ0) is 12.7. The maximum Gasteiger partial charge on any atom is 0.188 e. The molecule has 0 aliphatic heterocycles. The lowest BCUT2D eigenvalue weighted by Gasteiger charge is -2.06. The Morgan fingerprint density at radius 3 is 2.78 bits per heavy atom. The van der Waals surface area contributed by atoms with Crippen LogP contribution in [0, 0.1) is 6.92 Å². The van der Waals surface area contributed by atoms with E-state index in [1.54, 1.807) is 0 Å². The van der Waals surface area contributed by atoms with Crippen LogP contribution in [0.15, 0.2) is 27.7 Å². The van der Waals surface area contributed by atoms with Crippen LogP contribution in [0.4, 0.5) is 0 Å². The molecule has 0 fully saturated rings. The van der Waals surface area contributed by atoms with Crippen molar-refractivity contribution < 1.29 is 0 Å². The van der Waals surface area contributed by atoms with Crippen LogP contribution in [-0.4, -0.2) is 12.5 Å². The summed E-state index contributed by atoms with van der Waals surface area (Å²) < 4.78 is 1.09. The second-order valence-electron chi connectivity index (χ2n) is 4.05. The molecule has 1 aromatic rings. The number of hydrogen-bond donors (Lipinski definition) is 2. The van der Waals surface area contributed by atoms with E-state index in [0.29, 0.717) is 12.5 Å². The van der Waals surface area contributed by atoms with Crippen LogP contribution in [0.1, 0.15) is 30.9 Å². The fourth-order valence-electron chi connectivity index (χ4n) is 1.46. The molecule has 0 atom stereocenters. The van der Waals surface area contributed by atoms with Gasteiger partial charge in [0, 0.05) is 11.0 Å². The fourth-order valence-corrected chi connectivity index (χ4v) is 1.93. The molecular weight excluding hydrogens is 405 g/mol. The minimum Gasteiger partial charge on any atom is -0.370 e. The van der Waals surface area contributed by atoms with Gasteiger partial charge in [0.15, 0.2) is 5.96 Å². The predicted molar refractivity (Wildman–Crippen MR) is 92.5 cm³/mol. The van der Waals surface area contributed by atoms with Crippen molar-refractivity contribution in [3.05, 3.63) is 33.8 Å². The highest BCUT2D eigenvalue weighted by atomic mass is 127. The molecule has 0 aliphatic carbocycles. The third kappa shape index (κ3) is 6.58. The first-order valence-corrected chi connectivity index (χ1v) is 6.71. The van der Waals surface area contributed by atoms with E-state index in [4.69, 9.17) is 5.73 Å². The van der Waals surface area contributed by atoms with Crippen LogP contribution in [0.5, 0.6) is 0 Å². The van der Waals surface area contributed by atoms with Crippen molar-refractivity contribution in [2.75, 3.05) is 6.54 Å². The molecule has 1 aromatic carbocycles. The van der Waals surface area contributed by atoms with Gasteiger partial charge in [-0.2, -0.15) is 0 Å². The number of benzene rings is 1. The van der Waals surface area contributed by atoms with Gasteiger partial charge in [-0.1, -0.05) is 35.3 Å². The first-order chi connectivity index (χ1) is 8.13. The second kappa shape index (κ2) is 9.61. The molecular formula is C13H21BrIN3. The van der Waals surface area contributed by atoms with Gasteiger partial charge in [0.05, 0.1) is 6.54 Å². The fraction of sp³-hybridized carbons (Fsp3) is 0.462. The average Bonchev–Trinajstić information content (AvgIpc) is 2.28. The van der Waals surface area contributed by atoms with Gasteiger partial charge in [0.1, 0.15) is 0 Å². The SMILES string of the molecule is CCCCNC(N)=NCc1ccc(Br)cc1C.I. The van der Waals surface area contributed by atoms with Gasteiger partial charge in [-0.3, -0.25) is 0 Å². The molecule has 0 spiro atoms. The van der Waals surface area contributed by atoms with Crippen molar-refractivity contribution in [2.24, 2.45) is 10.7 Å². The number of rotatable bonds is 5. The van der Waals surface area contributed by atoms with Crippen molar-refractivity contribution >= 4 is 45.9 Å². The summed E-state index contributed by atoms with van der Waals surface area (Å²) in [6, 6.07) is 6.19. The van der Waals surface area contributed by atoms with Crippen molar-refractivity contribution in [3.8, 4) is 0 Å². The van der Waals surface area contributed by atoms with Gasteiger partial charge < -0.3 is 11.1 Å². The number of halogens is 2. The Bertz CT molecular complexity index is 394. The van der Waals surface area contributed by atoms with Crippen LogP contribution in [-0.2, 0) is 6.54 Å². The Balaban J connectivity index is 0.00000289. The Morgan fingerprint density at radius 2 is 2.17 bits per heavy atom. The lowest BCUT2D eigenvalue weighted by atomic mass is 10.1. The van der Waals surface area contributed by atoms with Crippen LogP contribution in [0.2, 0.25) is 0 Å². The zero-order valence-electron chi connectivity index (χ0n) is 10.9. The third-order valence-electron chi connectivity index (χ3n) is 2.56. The molecule has 3 N–H and O–H groups in total. The molecule has 0 radical (unpaired) electrons. The summed E-state index contributed by atoms with van der Waals surface area (Å²) in [6.07, 6.45) is 2.28. The van der Waals surface area contributed by atoms with Crippen LogP contribution in [0.25, 0.3) is 0 Å². The molecule has 0 bridgehead atoms. The zero-order valence-corrected chi connectivity index (χ0v) is 14.8. The Labute approximate surface area is 135 Å². The quantitative estimate of drug-likeness (QED) is 0.328. The summed E-state index contributed by atoms with van der Waals surface area (Å²) in [5, 5.41) is 3.10. The van der Waals surface area contributed by atoms with Crippen molar-refractivity contribution in [1.82, 2.24) is 5.32 Å². The van der Waals surface area contributed by atoms with Crippen LogP contribution in [0.3, 0.4) is 0 Å². The Kier molecular flexibility index (Phi) is 9.45. The van der Waals surface area contributed by atoms with Crippen molar-refractivity contribution in [2.45, 2.75) is 33.2 Å². The van der Waals surface area contributed by atoms with Gasteiger partial charge in [-0.15, -0.1) is 24.0 Å². The number of hydrogen-bond acceptors (Lipinski definition) is 1. The summed E-state index contributed by atoms with van der Waals surface area (Å²) >= 11 is 3.45. The molecule has 0 aliphatic rings. The van der Waals surface area contributed by atoms with E-state index in [1.165, 1.54) is 11.1 Å². The molecule has 18 heavy (non-hydrogen) atoms. The smallest absolute Gasteiger partial charge is 0.188 e. The van der Waals surface area contributed by atoms with Gasteiger partial charge in [-0.05, 0) is 36.6 Å². The highest BCUT2D eigenvalue weighted by Gasteiger charge is 1.98. The molecule has 0 saturated heterocycles. The standard InChI is InChI=1S/C13H20BrN3.HI/c1-3-4-7-16-13(15)17-9-11-5-6-12(14)8-10(11)2;/h5-6,8H,3-4,7,9H2,1-2H3,(H3,15,16,17);1H. The first-order valence-electron chi connectivity index (χ1n) is 5.92. The largest absolute Gasteiger partial charge is 0.370 e. The normalized spacial score (nSPS) is 10.9. The first kappa shape index (κ1) is 17.7. The minimum atomic E-state index is 0. The van der Waals surface area contributed by atoms with E-state index in [9.17, 15) is 0 Å². The number of aliphatic imine (C=N–C) groups is 1. The summed E-state index contributed by atoms with van der Waals surface area (Å²) in [6.45, 7) is 5.76. The second-order valence-corrected chi connectivity index (χ2v) is 4.97. The summed E-state index contributed by atoms with van der Waals surface area (Å²) in [7, 11) is 0. The topological polar surface area (TPSA) is 50.4 Å². The average molecular weight is 426 g/mol. The van der Waals surface area contributed by atoms with Gasteiger partial charge in [0.25, 0.3) is 0 Å². The molecule has 1 rings (SSSR count). The van der Waals surface area contributed by atoms with Crippen LogP contribution >= 0.6 is 39.9 Å². The maximum absolute atomic E-state index is 5.77. The molecule has 0 saturated carbocycles. The lowest BCUT2D eigenvalue weighted by molar-refractivity contribution is 0.748. The summed E-state index contributed by atoms with van der Waals surface area (Å²) in [4.78, 5) is 4.32. The number of guanidine groups is 1. The minimum absolute atomic E-state index is 0. The molecule has 3 nitrogen and oxygen atoms in total. The number of unbranched alkanes of at least 4 members (excludes halogenated alkanes) is 1. The van der Waals surface area contributed by atoms with Gasteiger partial charge in [0.2, 0.25) is 0 Å². The number of aryl methyl sites for hydroxylation is 1. The molecule has 0 heterocycles. The summed E-state index contributed by atoms with van der Waals surface area (Å²) in [5.74, 6) is 0.528. The van der Waals surface area contributed by atoms with Gasteiger partial charge in [-0.25, -0.2) is 4.99 Å². The van der Waals surface area contributed by atoms with Crippen molar-refractivity contribution in [1.29, 1.82) is 0 Å². The van der Waals surface area contributed by atoms with E-state index in [2.05, 4.69) is 52.2 Å². The third-order valence-corrected chi connectivity index (χ3v) is 3.05. The number of nitrogens with two attached hydrogens (primary N) is 1. The van der Waals surface area contributed by atoms with E-state index in [-0.39, 0.29) is 24.0 Å². The Hall–Kier alpha value is -0.300. The Morgan fingerprint density at radius 1 is 1.44 bits per heavy atom. The molecule has 0 aromatic heterocycles. The highest BCUT2D eigenvalue weighted by molar-refractivity contribution is 14.0.